The van der Waals surface area contributed by atoms with E-state index in [4.69, 9.17) is 17.1 Å². The van der Waals surface area contributed by atoms with Crippen LogP contribution in [-0.4, -0.2) is 0 Å². The standard InChI is InChI=1S/C28H12F2N4/c1-34-22-12-10-20(11-13-22)25-23(16-33)24(19-6-2-17(14-31)3-7-19)27(29)26(28(25)30)21-8-4-18(15-32)5-9-21/h2-13H. The summed E-state index contributed by atoms with van der Waals surface area (Å²) in [5.74, 6) is -1.85. The maximum atomic E-state index is 16.0. The smallest absolute Gasteiger partial charge is 0.187 e. The third-order valence-electron chi connectivity index (χ3n) is 5.38. The lowest BCUT2D eigenvalue weighted by atomic mass is 9.86. The SMILES string of the molecule is [C-]#[N+]c1ccc(-c2c(F)c(-c3ccc(C#N)cc3)c(F)c(-c3ccc(C#N)cc3)c2C#N)cc1. The van der Waals surface area contributed by atoms with Crippen LogP contribution in [0.1, 0.15) is 16.7 Å². The average Bonchev–Trinajstić information content (AvgIpc) is 2.89. The Bertz CT molecular complexity index is 1490. The maximum Gasteiger partial charge on any atom is 0.187 e. The van der Waals surface area contributed by atoms with Crippen LogP contribution >= 0.6 is 0 Å². The summed E-state index contributed by atoms with van der Waals surface area (Å²) in [5, 5.41) is 28.1. The summed E-state index contributed by atoms with van der Waals surface area (Å²) in [6, 6.07) is 23.7. The summed E-state index contributed by atoms with van der Waals surface area (Å²) in [7, 11) is 0. The molecule has 4 aromatic carbocycles. The minimum absolute atomic E-state index is 0.0980. The molecule has 0 radical (unpaired) electrons. The van der Waals surface area contributed by atoms with Crippen LogP contribution in [0, 0.1) is 52.2 Å². The summed E-state index contributed by atoms with van der Waals surface area (Å²) < 4.78 is 31.9. The molecule has 0 aromatic heterocycles. The Balaban J connectivity index is 2.11. The summed E-state index contributed by atoms with van der Waals surface area (Å²) in [4.78, 5) is 3.33. The number of rotatable bonds is 3. The fraction of sp³-hybridized carbons (Fsp3) is 0. The molecule has 4 aromatic rings. The van der Waals surface area contributed by atoms with Crippen LogP contribution in [0.2, 0.25) is 0 Å². The first-order valence-corrected chi connectivity index (χ1v) is 9.96. The van der Waals surface area contributed by atoms with Crippen LogP contribution in [0.15, 0.2) is 72.8 Å². The largest absolute Gasteiger partial charge is 0.238 e. The molecule has 4 nitrogen and oxygen atoms in total. The van der Waals surface area contributed by atoms with Crippen LogP contribution in [0.5, 0.6) is 0 Å². The highest BCUT2D eigenvalue weighted by Crippen LogP contribution is 2.43. The van der Waals surface area contributed by atoms with Gasteiger partial charge in [0.2, 0.25) is 0 Å². The summed E-state index contributed by atoms with van der Waals surface area (Å²) in [6.45, 7) is 7.13. The molecule has 0 N–H and O–H groups in total. The van der Waals surface area contributed by atoms with Crippen molar-refractivity contribution in [2.24, 2.45) is 0 Å². The lowest BCUT2D eigenvalue weighted by Gasteiger charge is -2.18. The molecule has 34 heavy (non-hydrogen) atoms. The monoisotopic (exact) mass is 442 g/mol. The van der Waals surface area contributed by atoms with E-state index in [0.717, 1.165) is 0 Å². The van der Waals surface area contributed by atoms with Gasteiger partial charge in [0.1, 0.15) is 17.7 Å². The van der Waals surface area contributed by atoms with Gasteiger partial charge < -0.3 is 0 Å². The zero-order valence-corrected chi connectivity index (χ0v) is 17.5. The molecule has 0 aliphatic rings. The molecular weight excluding hydrogens is 430 g/mol. The van der Waals surface area contributed by atoms with E-state index >= 15 is 8.78 Å². The molecule has 4 rings (SSSR count). The molecular formula is C28H12F2N4. The molecule has 0 saturated heterocycles. The Labute approximate surface area is 194 Å². The van der Waals surface area contributed by atoms with Crippen molar-refractivity contribution in [2.45, 2.75) is 0 Å². The second-order valence-electron chi connectivity index (χ2n) is 7.28. The molecule has 0 unspecified atom stereocenters. The van der Waals surface area contributed by atoms with Crippen molar-refractivity contribution in [1.82, 2.24) is 0 Å². The van der Waals surface area contributed by atoms with Crippen molar-refractivity contribution in [2.75, 3.05) is 0 Å². The predicted octanol–water partition coefficient (Wildman–Crippen LogP) is 7.13. The molecule has 0 saturated carbocycles. The van der Waals surface area contributed by atoms with Crippen molar-refractivity contribution < 1.29 is 8.78 Å². The molecule has 0 bridgehead atoms. The molecule has 0 amide bonds. The van der Waals surface area contributed by atoms with Gasteiger partial charge in [-0.15, -0.1) is 0 Å². The average molecular weight is 442 g/mol. The quantitative estimate of drug-likeness (QED) is 0.317. The Hall–Kier alpha value is -5.30. The zero-order chi connectivity index (χ0) is 24.2. The van der Waals surface area contributed by atoms with Gasteiger partial charge in [-0.2, -0.15) is 15.8 Å². The van der Waals surface area contributed by atoms with E-state index in [-0.39, 0.29) is 27.8 Å². The number of nitriles is 3. The second-order valence-corrected chi connectivity index (χ2v) is 7.28. The predicted molar refractivity (Wildman–Crippen MR) is 123 cm³/mol. The van der Waals surface area contributed by atoms with Crippen LogP contribution in [-0.2, 0) is 0 Å². The summed E-state index contributed by atoms with van der Waals surface area (Å²) in [6.07, 6.45) is 0. The van der Waals surface area contributed by atoms with Gasteiger partial charge in [-0.25, -0.2) is 13.6 Å². The van der Waals surface area contributed by atoms with Gasteiger partial charge in [-0.05, 0) is 41.0 Å². The van der Waals surface area contributed by atoms with Crippen molar-refractivity contribution in [3.05, 3.63) is 113 Å². The molecule has 158 valence electrons. The molecule has 6 heteroatoms. The summed E-state index contributed by atoms with van der Waals surface area (Å²) in [5.41, 5.74) is 1.11. The molecule has 0 aliphatic carbocycles. The first-order valence-electron chi connectivity index (χ1n) is 9.96. The third kappa shape index (κ3) is 3.74. The van der Waals surface area contributed by atoms with Crippen LogP contribution < -0.4 is 0 Å². The van der Waals surface area contributed by atoms with Crippen molar-refractivity contribution in [3.8, 4) is 51.6 Å². The number of halogens is 2. The number of hydrogen-bond acceptors (Lipinski definition) is 3. The highest BCUT2D eigenvalue weighted by Gasteiger charge is 2.27. The number of benzene rings is 4. The van der Waals surface area contributed by atoms with Gasteiger partial charge in [-0.3, -0.25) is 0 Å². The lowest BCUT2D eigenvalue weighted by molar-refractivity contribution is 0.593. The van der Waals surface area contributed by atoms with E-state index in [1.54, 1.807) is 0 Å². The van der Waals surface area contributed by atoms with E-state index in [0.29, 0.717) is 27.9 Å². The molecule has 0 fully saturated rings. The maximum absolute atomic E-state index is 16.0. The van der Waals surface area contributed by atoms with Gasteiger partial charge in [-0.1, -0.05) is 48.5 Å². The normalized spacial score (nSPS) is 9.94. The van der Waals surface area contributed by atoms with Gasteiger partial charge in [0, 0.05) is 11.1 Å². The van der Waals surface area contributed by atoms with E-state index < -0.39 is 11.6 Å². The Kier molecular flexibility index (Phi) is 5.84. The lowest BCUT2D eigenvalue weighted by Crippen LogP contribution is -2.03. The van der Waals surface area contributed by atoms with Gasteiger partial charge >= 0.3 is 0 Å². The first kappa shape index (κ1) is 21.9. The Morgan fingerprint density at radius 1 is 0.559 bits per heavy atom. The topological polar surface area (TPSA) is 75.7 Å². The summed E-state index contributed by atoms with van der Waals surface area (Å²) >= 11 is 0. The Morgan fingerprint density at radius 3 is 1.29 bits per heavy atom. The van der Waals surface area contributed by atoms with Crippen molar-refractivity contribution in [3.63, 3.8) is 0 Å². The van der Waals surface area contributed by atoms with Crippen LogP contribution in [0.4, 0.5) is 14.5 Å². The first-order chi connectivity index (χ1) is 16.5. The van der Waals surface area contributed by atoms with Crippen LogP contribution in [0.25, 0.3) is 38.2 Å². The highest BCUT2D eigenvalue weighted by atomic mass is 19.1. The fourth-order valence-corrected chi connectivity index (χ4v) is 3.72. The van der Waals surface area contributed by atoms with Crippen LogP contribution in [0.3, 0.4) is 0 Å². The zero-order valence-electron chi connectivity index (χ0n) is 17.5. The van der Waals surface area contributed by atoms with E-state index in [1.165, 1.54) is 72.8 Å². The molecule has 0 spiro atoms. The molecule has 0 atom stereocenters. The Morgan fingerprint density at radius 2 is 0.941 bits per heavy atom. The molecule has 0 heterocycles. The van der Waals surface area contributed by atoms with Gasteiger partial charge in [0.15, 0.2) is 5.69 Å². The van der Waals surface area contributed by atoms with Gasteiger partial charge in [0.25, 0.3) is 0 Å². The number of hydrogen-bond donors (Lipinski definition) is 0. The number of nitrogens with zero attached hydrogens (tertiary/aromatic N) is 4. The van der Waals surface area contributed by atoms with Crippen molar-refractivity contribution in [1.29, 1.82) is 15.8 Å². The fourth-order valence-electron chi connectivity index (χ4n) is 3.72. The minimum atomic E-state index is -0.926. The van der Waals surface area contributed by atoms with Gasteiger partial charge in [0.05, 0.1) is 41.0 Å². The molecule has 0 aliphatic heterocycles. The third-order valence-corrected chi connectivity index (χ3v) is 5.38. The highest BCUT2D eigenvalue weighted by molar-refractivity contribution is 5.89. The van der Waals surface area contributed by atoms with E-state index in [9.17, 15) is 5.26 Å². The second kappa shape index (κ2) is 9.05. The van der Waals surface area contributed by atoms with Crippen molar-refractivity contribution >= 4 is 5.69 Å². The van der Waals surface area contributed by atoms with E-state index in [1.807, 2.05) is 18.2 Å². The van der Waals surface area contributed by atoms with E-state index in [2.05, 4.69) is 4.85 Å². The minimum Gasteiger partial charge on any atom is -0.238 e.